The van der Waals surface area contributed by atoms with Crippen LogP contribution < -0.4 is 5.32 Å². The normalized spacial score (nSPS) is 9.95. The summed E-state index contributed by atoms with van der Waals surface area (Å²) in [6.07, 6.45) is 5.33. The predicted molar refractivity (Wildman–Crippen MR) is 85.2 cm³/mol. The molecule has 0 bridgehead atoms. The third-order valence-corrected chi connectivity index (χ3v) is 3.45. The lowest BCUT2D eigenvalue weighted by Gasteiger charge is -2.06. The molecule has 0 aliphatic rings. The van der Waals surface area contributed by atoms with Gasteiger partial charge in [-0.05, 0) is 38.1 Å². The van der Waals surface area contributed by atoms with Crippen molar-refractivity contribution in [1.82, 2.24) is 9.97 Å². The minimum atomic E-state index is -0.114. The Morgan fingerprint density at radius 3 is 2.67 bits per heavy atom. The highest BCUT2D eigenvalue weighted by molar-refractivity contribution is 7.99. The first kappa shape index (κ1) is 15.1. The Morgan fingerprint density at radius 2 is 2.00 bits per heavy atom. The molecule has 0 radical (unpaired) electrons. The maximum atomic E-state index is 11.9. The lowest BCUT2D eigenvalue weighted by molar-refractivity contribution is -0.113. The molecule has 1 amide bonds. The van der Waals surface area contributed by atoms with Crippen LogP contribution in [0.1, 0.15) is 17.0 Å². The van der Waals surface area contributed by atoms with Crippen LogP contribution in [0, 0.1) is 26.2 Å². The maximum absolute atomic E-state index is 11.9. The standard InChI is InChI=1S/C16H15N3OS/c1-4-13-6-5-7-14(9-13)19-15(20)10-21-16-17-11(2)8-12(3)18-16/h1,5-9H,10H2,2-3H3,(H,19,20). The second-order valence-corrected chi connectivity index (χ2v) is 5.44. The Kier molecular flexibility index (Phi) is 4.96. The van der Waals surface area contributed by atoms with E-state index in [9.17, 15) is 4.79 Å². The molecule has 21 heavy (non-hydrogen) atoms. The van der Waals surface area contributed by atoms with Crippen LogP contribution >= 0.6 is 11.8 Å². The van der Waals surface area contributed by atoms with Crippen molar-refractivity contribution in [3.05, 3.63) is 47.3 Å². The van der Waals surface area contributed by atoms with Crippen LogP contribution in [0.25, 0.3) is 0 Å². The third kappa shape index (κ3) is 4.62. The molecule has 1 aromatic heterocycles. The average Bonchev–Trinajstić information content (AvgIpc) is 2.44. The number of aryl methyl sites for hydroxylation is 2. The molecule has 2 rings (SSSR count). The van der Waals surface area contributed by atoms with E-state index in [1.54, 1.807) is 12.1 Å². The fraction of sp³-hybridized carbons (Fsp3) is 0.188. The van der Waals surface area contributed by atoms with Crippen molar-refractivity contribution in [1.29, 1.82) is 0 Å². The lowest BCUT2D eigenvalue weighted by Crippen LogP contribution is -2.14. The quantitative estimate of drug-likeness (QED) is 0.535. The molecule has 0 spiro atoms. The van der Waals surface area contributed by atoms with E-state index in [1.807, 2.05) is 32.0 Å². The topological polar surface area (TPSA) is 54.9 Å². The molecule has 106 valence electrons. The van der Waals surface area contributed by atoms with Gasteiger partial charge in [-0.1, -0.05) is 23.7 Å². The van der Waals surface area contributed by atoms with Crippen molar-refractivity contribution in [2.24, 2.45) is 0 Å². The van der Waals surface area contributed by atoms with E-state index in [0.717, 1.165) is 17.0 Å². The van der Waals surface area contributed by atoms with Crippen LogP contribution in [0.2, 0.25) is 0 Å². The molecule has 1 aromatic carbocycles. The summed E-state index contributed by atoms with van der Waals surface area (Å²) in [7, 11) is 0. The van der Waals surface area contributed by atoms with Crippen LogP contribution in [-0.2, 0) is 4.79 Å². The Balaban J connectivity index is 1.94. The fourth-order valence-corrected chi connectivity index (χ4v) is 2.52. The van der Waals surface area contributed by atoms with Crippen LogP contribution in [0.15, 0.2) is 35.5 Å². The number of thioether (sulfide) groups is 1. The van der Waals surface area contributed by atoms with Crippen LogP contribution in [0.3, 0.4) is 0 Å². The third-order valence-electron chi connectivity index (χ3n) is 2.61. The molecular weight excluding hydrogens is 282 g/mol. The van der Waals surface area contributed by atoms with Gasteiger partial charge in [0.1, 0.15) is 0 Å². The highest BCUT2D eigenvalue weighted by Crippen LogP contribution is 2.15. The van der Waals surface area contributed by atoms with E-state index >= 15 is 0 Å². The molecule has 0 fully saturated rings. The molecule has 1 heterocycles. The monoisotopic (exact) mass is 297 g/mol. The van der Waals surface area contributed by atoms with Crippen molar-refractivity contribution in [3.8, 4) is 12.3 Å². The van der Waals surface area contributed by atoms with E-state index in [4.69, 9.17) is 6.42 Å². The molecule has 0 unspecified atom stereocenters. The summed E-state index contributed by atoms with van der Waals surface area (Å²) in [4.78, 5) is 20.5. The number of amides is 1. The number of rotatable bonds is 4. The SMILES string of the molecule is C#Cc1cccc(NC(=O)CSc2nc(C)cc(C)n2)c1. The zero-order chi connectivity index (χ0) is 15.2. The fourth-order valence-electron chi connectivity index (χ4n) is 1.77. The average molecular weight is 297 g/mol. The molecule has 0 saturated heterocycles. The van der Waals surface area contributed by atoms with Gasteiger partial charge in [0.15, 0.2) is 5.16 Å². The highest BCUT2D eigenvalue weighted by atomic mass is 32.2. The summed E-state index contributed by atoms with van der Waals surface area (Å²) in [5.41, 5.74) is 3.22. The molecule has 4 nitrogen and oxygen atoms in total. The number of carbonyl (C=O) groups excluding carboxylic acids is 1. The Bertz CT molecular complexity index is 687. The maximum Gasteiger partial charge on any atom is 0.234 e. The second-order valence-electron chi connectivity index (χ2n) is 4.50. The first-order valence-electron chi connectivity index (χ1n) is 6.38. The number of aromatic nitrogens is 2. The summed E-state index contributed by atoms with van der Waals surface area (Å²) >= 11 is 1.31. The smallest absolute Gasteiger partial charge is 0.234 e. The van der Waals surface area contributed by atoms with Gasteiger partial charge in [0, 0.05) is 22.6 Å². The Morgan fingerprint density at radius 1 is 1.29 bits per heavy atom. The summed E-state index contributed by atoms with van der Waals surface area (Å²) in [6, 6.07) is 9.08. The summed E-state index contributed by atoms with van der Waals surface area (Å²) < 4.78 is 0. The number of hydrogen-bond donors (Lipinski definition) is 1. The van der Waals surface area contributed by atoms with Gasteiger partial charge in [-0.3, -0.25) is 4.79 Å². The first-order chi connectivity index (χ1) is 10.1. The van der Waals surface area contributed by atoms with E-state index in [1.165, 1.54) is 11.8 Å². The lowest BCUT2D eigenvalue weighted by atomic mass is 10.2. The number of anilines is 1. The summed E-state index contributed by atoms with van der Waals surface area (Å²) in [5, 5.41) is 3.42. The Hall–Kier alpha value is -2.32. The van der Waals surface area contributed by atoms with Gasteiger partial charge in [0.2, 0.25) is 5.91 Å². The van der Waals surface area contributed by atoms with Gasteiger partial charge in [0.05, 0.1) is 5.75 Å². The number of nitrogens with zero attached hydrogens (tertiary/aromatic N) is 2. The van der Waals surface area contributed by atoms with E-state index in [2.05, 4.69) is 21.2 Å². The van der Waals surface area contributed by atoms with E-state index < -0.39 is 0 Å². The number of hydrogen-bond acceptors (Lipinski definition) is 4. The van der Waals surface area contributed by atoms with E-state index in [-0.39, 0.29) is 11.7 Å². The highest BCUT2D eigenvalue weighted by Gasteiger charge is 2.06. The van der Waals surface area contributed by atoms with Crippen molar-refractivity contribution in [2.45, 2.75) is 19.0 Å². The van der Waals surface area contributed by atoms with Crippen molar-refractivity contribution >= 4 is 23.4 Å². The van der Waals surface area contributed by atoms with Gasteiger partial charge in [-0.15, -0.1) is 6.42 Å². The van der Waals surface area contributed by atoms with Crippen molar-refractivity contribution in [3.63, 3.8) is 0 Å². The van der Waals surface area contributed by atoms with Gasteiger partial charge in [-0.25, -0.2) is 9.97 Å². The molecule has 1 N–H and O–H groups in total. The number of nitrogens with one attached hydrogen (secondary N) is 1. The van der Waals surface area contributed by atoms with Crippen molar-refractivity contribution < 1.29 is 4.79 Å². The number of benzene rings is 1. The zero-order valence-corrected chi connectivity index (χ0v) is 12.7. The molecule has 0 aliphatic carbocycles. The van der Waals surface area contributed by atoms with Gasteiger partial charge < -0.3 is 5.32 Å². The summed E-state index contributed by atoms with van der Waals surface area (Å²) in [6.45, 7) is 3.81. The summed E-state index contributed by atoms with van der Waals surface area (Å²) in [5.74, 6) is 2.67. The second kappa shape index (κ2) is 6.91. The van der Waals surface area contributed by atoms with E-state index in [0.29, 0.717) is 10.8 Å². The molecule has 0 atom stereocenters. The minimum absolute atomic E-state index is 0.114. The molecule has 0 aliphatic heterocycles. The zero-order valence-electron chi connectivity index (χ0n) is 11.9. The predicted octanol–water partition coefficient (Wildman–Crippen LogP) is 2.81. The molecule has 5 heteroatoms. The van der Waals surface area contributed by atoms with Gasteiger partial charge in [0.25, 0.3) is 0 Å². The van der Waals surface area contributed by atoms with Crippen LogP contribution in [0.4, 0.5) is 5.69 Å². The largest absolute Gasteiger partial charge is 0.325 e. The molecular formula is C16H15N3OS. The number of terminal acetylenes is 1. The van der Waals surface area contributed by atoms with Crippen LogP contribution in [0.5, 0.6) is 0 Å². The first-order valence-corrected chi connectivity index (χ1v) is 7.37. The van der Waals surface area contributed by atoms with Gasteiger partial charge in [-0.2, -0.15) is 0 Å². The number of carbonyl (C=O) groups is 1. The molecule has 0 saturated carbocycles. The molecule has 2 aromatic rings. The minimum Gasteiger partial charge on any atom is -0.325 e. The van der Waals surface area contributed by atoms with Crippen molar-refractivity contribution in [2.75, 3.05) is 11.1 Å². The Labute approximate surface area is 128 Å². The van der Waals surface area contributed by atoms with Crippen LogP contribution in [-0.4, -0.2) is 21.6 Å². The van der Waals surface area contributed by atoms with Gasteiger partial charge >= 0.3 is 0 Å².